The number of aryl methyl sites for hydroxylation is 1. The molecule has 0 amide bonds. The summed E-state index contributed by atoms with van der Waals surface area (Å²) in [6.07, 6.45) is 0. The van der Waals surface area contributed by atoms with Gasteiger partial charge in [0.05, 0.1) is 0 Å². The molecule has 1 aromatic carbocycles. The second-order valence-electron chi connectivity index (χ2n) is 1.86. The van der Waals surface area contributed by atoms with Gasteiger partial charge >= 0.3 is 27.7 Å². The van der Waals surface area contributed by atoms with Crippen molar-refractivity contribution >= 4 is 24.1 Å². The normalized spacial score (nSPS) is 8.10. The van der Waals surface area contributed by atoms with Gasteiger partial charge in [-0.25, -0.2) is 0 Å². The molecule has 1 rings (SSSR count). The van der Waals surface area contributed by atoms with E-state index < -0.39 is 0 Å². The van der Waals surface area contributed by atoms with Crippen molar-refractivity contribution in [2.75, 3.05) is 0 Å². The molecule has 59 valence electrons. The van der Waals surface area contributed by atoms with E-state index in [1.54, 1.807) is 0 Å². The van der Waals surface area contributed by atoms with Crippen molar-refractivity contribution in [3.8, 4) is 0 Å². The molecule has 0 bridgehead atoms. The minimum atomic E-state index is 1.28. The van der Waals surface area contributed by atoms with Crippen LogP contribution >= 0.6 is 18.8 Å². The number of hydrogen-bond acceptors (Lipinski definition) is 0. The van der Waals surface area contributed by atoms with Crippen LogP contribution in [0.5, 0.6) is 0 Å². The number of halogens is 1. The number of rotatable bonds is 0. The van der Waals surface area contributed by atoms with Gasteiger partial charge in [0.15, 0.2) is 0 Å². The fourth-order valence-electron chi connectivity index (χ4n) is 0.587. The fraction of sp³-hybridized carbons (Fsp3) is 0.143. The third-order valence-corrected chi connectivity index (χ3v) is 1.84. The van der Waals surface area contributed by atoms with Crippen LogP contribution in [0.4, 0.5) is 0 Å². The Labute approximate surface area is 78.9 Å². The molecular formula is C7H9ClPPd. The molecule has 3 heteroatoms. The summed E-state index contributed by atoms with van der Waals surface area (Å²) < 4.78 is 0. The van der Waals surface area contributed by atoms with Crippen LogP contribution in [0, 0.1) is 6.92 Å². The summed E-state index contributed by atoms with van der Waals surface area (Å²) in [5.74, 6) is 0. The van der Waals surface area contributed by atoms with Gasteiger partial charge in [-0.3, -0.25) is 0 Å². The fourth-order valence-corrected chi connectivity index (χ4v) is 0.794. The molecule has 1 aromatic rings. The average Bonchev–Trinajstić information content (AvgIpc) is 2.00. The zero-order valence-corrected chi connectivity index (χ0v) is 9.05. The van der Waals surface area contributed by atoms with E-state index in [1.165, 1.54) is 10.9 Å². The molecule has 0 fully saturated rings. The molecule has 0 saturated heterocycles. The van der Waals surface area contributed by atoms with E-state index in [4.69, 9.17) is 0 Å². The standard InChI is InChI=1S/C7H9P.ClH.Pd/c1-6-4-2-3-5-7(6)8;;/h2-5H,8H2,1H3;1H;/q;;+1/p-1. The summed E-state index contributed by atoms with van der Waals surface area (Å²) in [6, 6.07) is 8.26. The Kier molecular flexibility index (Phi) is 6.70. The molecule has 0 aromatic heterocycles. The van der Waals surface area contributed by atoms with Gasteiger partial charge in [-0.05, 0) is 17.8 Å². The van der Waals surface area contributed by atoms with Gasteiger partial charge in [0.2, 0.25) is 0 Å². The minimum absolute atomic E-state index is 1.28. The molecule has 0 aliphatic carbocycles. The summed E-state index contributed by atoms with van der Waals surface area (Å²) in [6.45, 7) is 2.10. The predicted octanol–water partition coefficient (Wildman–Crippen LogP) is 2.18. The van der Waals surface area contributed by atoms with Crippen LogP contribution in [0.3, 0.4) is 0 Å². The van der Waals surface area contributed by atoms with Crippen LogP contribution in [0.2, 0.25) is 0 Å². The van der Waals surface area contributed by atoms with Crippen molar-refractivity contribution in [3.63, 3.8) is 0 Å². The van der Waals surface area contributed by atoms with E-state index in [-0.39, 0.29) is 0 Å². The van der Waals surface area contributed by atoms with E-state index in [1.807, 2.05) is 12.1 Å². The third-order valence-electron chi connectivity index (χ3n) is 1.19. The molecule has 0 aliphatic heterocycles. The zero-order chi connectivity index (χ0) is 7.98. The predicted molar refractivity (Wildman–Crippen MR) is 46.4 cm³/mol. The van der Waals surface area contributed by atoms with Crippen LogP contribution in [-0.2, 0) is 18.2 Å². The number of benzene rings is 1. The van der Waals surface area contributed by atoms with Crippen LogP contribution in [0.15, 0.2) is 24.3 Å². The summed E-state index contributed by atoms with van der Waals surface area (Å²) >= 11 is 2.22. The maximum atomic E-state index is 4.49. The first-order chi connectivity index (χ1) is 4.80. The topological polar surface area (TPSA) is 0 Å². The Balaban J connectivity index is 0.000000371. The van der Waals surface area contributed by atoms with Gasteiger partial charge in [-0.2, -0.15) is 0 Å². The Hall–Kier alpha value is 0.602. The van der Waals surface area contributed by atoms with Gasteiger partial charge in [0.25, 0.3) is 0 Å². The van der Waals surface area contributed by atoms with E-state index in [2.05, 4.69) is 56.0 Å². The maximum absolute atomic E-state index is 4.49. The molecule has 0 aliphatic rings. The van der Waals surface area contributed by atoms with Crippen LogP contribution in [-0.4, -0.2) is 0 Å². The van der Waals surface area contributed by atoms with Gasteiger partial charge in [-0.1, -0.05) is 24.3 Å². The first-order valence-corrected chi connectivity index (χ1v) is 5.31. The molecule has 10 heavy (non-hydrogen) atoms. The van der Waals surface area contributed by atoms with Crippen LogP contribution in [0.25, 0.3) is 0 Å². The van der Waals surface area contributed by atoms with Gasteiger partial charge < -0.3 is 0 Å². The molecule has 1 unspecified atom stereocenters. The molecular weight excluding hydrogens is 257 g/mol. The Morgan fingerprint density at radius 2 is 1.80 bits per heavy atom. The van der Waals surface area contributed by atoms with E-state index in [0.29, 0.717) is 0 Å². The Bertz CT molecular complexity index is 170. The van der Waals surface area contributed by atoms with Crippen molar-refractivity contribution in [1.82, 2.24) is 0 Å². The van der Waals surface area contributed by atoms with E-state index >= 15 is 0 Å². The summed E-state index contributed by atoms with van der Waals surface area (Å²) in [5, 5.41) is 1.28. The van der Waals surface area contributed by atoms with E-state index in [0.717, 1.165) is 0 Å². The van der Waals surface area contributed by atoms with Crippen molar-refractivity contribution in [2.24, 2.45) is 0 Å². The van der Waals surface area contributed by atoms with Crippen LogP contribution < -0.4 is 5.30 Å². The SMILES string of the molecule is Cc1ccccc1P.[Cl][Pd]. The monoisotopic (exact) mass is 265 g/mol. The quantitative estimate of drug-likeness (QED) is 0.498. The van der Waals surface area contributed by atoms with Crippen molar-refractivity contribution < 1.29 is 18.2 Å². The molecule has 0 radical (unpaired) electrons. The summed E-state index contributed by atoms with van der Waals surface area (Å²) in [5.41, 5.74) is 1.33. The zero-order valence-electron chi connectivity index (χ0n) is 5.58. The van der Waals surface area contributed by atoms with Crippen molar-refractivity contribution in [1.29, 1.82) is 0 Å². The van der Waals surface area contributed by atoms with Crippen molar-refractivity contribution in [3.05, 3.63) is 29.8 Å². The van der Waals surface area contributed by atoms with E-state index in [9.17, 15) is 0 Å². The molecule has 0 nitrogen and oxygen atoms in total. The van der Waals surface area contributed by atoms with Gasteiger partial charge in [0, 0.05) is 0 Å². The first-order valence-electron chi connectivity index (χ1n) is 2.74. The van der Waals surface area contributed by atoms with Crippen LogP contribution in [0.1, 0.15) is 5.56 Å². The summed E-state index contributed by atoms with van der Waals surface area (Å²) in [4.78, 5) is 0. The van der Waals surface area contributed by atoms with Gasteiger partial charge in [-0.15, -0.1) is 9.24 Å². The summed E-state index contributed by atoms with van der Waals surface area (Å²) in [7, 11) is 7.18. The number of hydrogen-bond donors (Lipinski definition) is 0. The second kappa shape index (κ2) is 6.32. The van der Waals surface area contributed by atoms with Crippen molar-refractivity contribution in [2.45, 2.75) is 6.92 Å². The molecule has 0 N–H and O–H groups in total. The molecule has 1 atom stereocenters. The third kappa shape index (κ3) is 3.69. The van der Waals surface area contributed by atoms with Gasteiger partial charge in [0.1, 0.15) is 0 Å². The first kappa shape index (κ1) is 10.6. The average molecular weight is 266 g/mol. The second-order valence-corrected chi connectivity index (χ2v) is 2.48. The molecule has 0 spiro atoms. The Morgan fingerprint density at radius 1 is 1.30 bits per heavy atom. The Morgan fingerprint density at radius 3 is 2.10 bits per heavy atom. The molecule has 0 heterocycles. The molecule has 0 saturated carbocycles.